The summed E-state index contributed by atoms with van der Waals surface area (Å²) in [4.78, 5) is 26.9. The van der Waals surface area contributed by atoms with Crippen LogP contribution in [0.5, 0.6) is 0 Å². The Morgan fingerprint density at radius 2 is 2.12 bits per heavy atom. The Morgan fingerprint density at radius 3 is 2.92 bits per heavy atom. The summed E-state index contributed by atoms with van der Waals surface area (Å²) >= 11 is 0. The van der Waals surface area contributed by atoms with Gasteiger partial charge in [-0.2, -0.15) is 5.10 Å². The molecule has 1 fully saturated rings. The van der Waals surface area contributed by atoms with Gasteiger partial charge in [-0.05, 0) is 30.5 Å². The molecule has 0 aliphatic carbocycles. The number of piperidine rings is 1. The zero-order chi connectivity index (χ0) is 17.1. The zero-order valence-electron chi connectivity index (χ0n) is 13.7. The smallest absolute Gasteiger partial charge is 0.291 e. The van der Waals surface area contributed by atoms with Crippen molar-refractivity contribution in [2.75, 3.05) is 13.1 Å². The number of aromatic amines is 1. The molecule has 1 amide bonds. The van der Waals surface area contributed by atoms with Crippen molar-refractivity contribution in [2.24, 2.45) is 0 Å². The van der Waals surface area contributed by atoms with Gasteiger partial charge in [0.15, 0.2) is 0 Å². The molecule has 1 aliphatic heterocycles. The Hall–Kier alpha value is -3.03. The molecular weight excluding hydrogens is 318 g/mol. The Bertz CT molecular complexity index is 828. The topological polar surface area (TPSA) is 92.6 Å². The molecule has 3 aromatic heterocycles. The Morgan fingerprint density at radius 1 is 1.24 bits per heavy atom. The van der Waals surface area contributed by atoms with E-state index in [1.807, 2.05) is 29.4 Å². The molecule has 1 saturated heterocycles. The highest BCUT2D eigenvalue weighted by molar-refractivity contribution is 5.90. The third-order valence-electron chi connectivity index (χ3n) is 4.54. The van der Waals surface area contributed by atoms with Crippen LogP contribution in [0.4, 0.5) is 0 Å². The lowest BCUT2D eigenvalue weighted by Gasteiger charge is -2.32. The summed E-state index contributed by atoms with van der Waals surface area (Å²) < 4.78 is 2.16. The second-order valence-corrected chi connectivity index (χ2v) is 6.19. The van der Waals surface area contributed by atoms with Crippen LogP contribution in [0.1, 0.15) is 40.8 Å². The number of nitrogens with zero attached hydrogens (tertiary/aromatic N) is 6. The van der Waals surface area contributed by atoms with E-state index in [0.717, 1.165) is 31.8 Å². The van der Waals surface area contributed by atoms with E-state index in [1.165, 1.54) is 11.9 Å². The Balaban J connectivity index is 1.50. The lowest BCUT2D eigenvalue weighted by molar-refractivity contribution is 0.0691. The van der Waals surface area contributed by atoms with Gasteiger partial charge >= 0.3 is 0 Å². The summed E-state index contributed by atoms with van der Waals surface area (Å²) in [5, 5.41) is 6.41. The van der Waals surface area contributed by atoms with Gasteiger partial charge in [-0.1, -0.05) is 0 Å². The number of nitrogens with one attached hydrogen (secondary N) is 1. The van der Waals surface area contributed by atoms with Crippen molar-refractivity contribution < 1.29 is 4.79 Å². The molecule has 25 heavy (non-hydrogen) atoms. The first-order valence-electron chi connectivity index (χ1n) is 8.36. The van der Waals surface area contributed by atoms with Gasteiger partial charge in [0.2, 0.25) is 5.82 Å². The second kappa shape index (κ2) is 6.84. The number of likely N-dealkylation sites (tertiary alicyclic amines) is 1. The fourth-order valence-electron chi connectivity index (χ4n) is 3.33. The molecule has 0 aromatic carbocycles. The minimum absolute atomic E-state index is 0.102. The molecule has 0 unspecified atom stereocenters. The van der Waals surface area contributed by atoms with Crippen molar-refractivity contribution in [1.82, 2.24) is 34.6 Å². The number of aromatic nitrogens is 6. The molecule has 128 valence electrons. The van der Waals surface area contributed by atoms with E-state index >= 15 is 0 Å². The van der Waals surface area contributed by atoms with Crippen LogP contribution in [0.3, 0.4) is 0 Å². The normalized spacial score (nSPS) is 17.6. The van der Waals surface area contributed by atoms with Gasteiger partial charge < -0.3 is 9.47 Å². The summed E-state index contributed by atoms with van der Waals surface area (Å²) in [6.07, 6.45) is 10.7. The maximum Gasteiger partial charge on any atom is 0.291 e. The van der Waals surface area contributed by atoms with Gasteiger partial charge in [0.1, 0.15) is 12.2 Å². The number of rotatable bonds is 4. The molecule has 0 bridgehead atoms. The van der Waals surface area contributed by atoms with Gasteiger partial charge in [-0.25, -0.2) is 9.97 Å². The van der Waals surface area contributed by atoms with Crippen LogP contribution in [0.2, 0.25) is 0 Å². The van der Waals surface area contributed by atoms with Crippen LogP contribution in [0.25, 0.3) is 0 Å². The third kappa shape index (κ3) is 3.28. The summed E-state index contributed by atoms with van der Waals surface area (Å²) in [5.74, 6) is 1.43. The number of hydrogen-bond acceptors (Lipinski definition) is 5. The highest BCUT2D eigenvalue weighted by atomic mass is 16.2. The molecule has 8 nitrogen and oxygen atoms in total. The van der Waals surface area contributed by atoms with Crippen LogP contribution in [-0.2, 0) is 6.54 Å². The number of hydrogen-bond donors (Lipinski definition) is 1. The predicted molar refractivity (Wildman–Crippen MR) is 89.8 cm³/mol. The van der Waals surface area contributed by atoms with E-state index in [-0.39, 0.29) is 11.8 Å². The van der Waals surface area contributed by atoms with E-state index in [9.17, 15) is 4.79 Å². The van der Waals surface area contributed by atoms with Crippen molar-refractivity contribution in [3.8, 4) is 0 Å². The molecule has 3 aromatic rings. The molecule has 0 radical (unpaired) electrons. The van der Waals surface area contributed by atoms with Crippen LogP contribution in [-0.4, -0.2) is 53.6 Å². The van der Waals surface area contributed by atoms with Crippen LogP contribution < -0.4 is 0 Å². The summed E-state index contributed by atoms with van der Waals surface area (Å²) in [6, 6.07) is 4.01. The van der Waals surface area contributed by atoms with Gasteiger partial charge in [0.25, 0.3) is 5.91 Å². The average molecular weight is 337 g/mol. The molecule has 1 aliphatic rings. The first-order chi connectivity index (χ1) is 12.3. The lowest BCUT2D eigenvalue weighted by atomic mass is 9.97. The maximum absolute atomic E-state index is 12.5. The highest BCUT2D eigenvalue weighted by Gasteiger charge is 2.29. The van der Waals surface area contributed by atoms with Crippen LogP contribution in [0, 0.1) is 0 Å². The number of imidazole rings is 1. The number of carbonyl (C=O) groups is 1. The second-order valence-electron chi connectivity index (χ2n) is 6.19. The van der Waals surface area contributed by atoms with E-state index in [2.05, 4.69) is 29.7 Å². The first-order valence-corrected chi connectivity index (χ1v) is 8.36. The zero-order valence-corrected chi connectivity index (χ0v) is 13.7. The predicted octanol–water partition coefficient (Wildman–Crippen LogP) is 1.46. The number of amides is 1. The standard InChI is InChI=1S/C17H19N7O/c25-17(15-20-12-21-22-15)24-8-1-2-14(11-24)16-19-7-9-23(16)10-13-3-5-18-6-4-13/h3-7,9,12,14H,1-2,8,10-11H2,(H,20,21,22)/t14-/m1/s1. The molecule has 0 spiro atoms. The van der Waals surface area contributed by atoms with Crippen LogP contribution >= 0.6 is 0 Å². The van der Waals surface area contributed by atoms with Crippen molar-refractivity contribution in [3.05, 3.63) is 60.5 Å². The van der Waals surface area contributed by atoms with Gasteiger partial charge in [-0.3, -0.25) is 14.9 Å². The van der Waals surface area contributed by atoms with Gasteiger partial charge in [0.05, 0.1) is 0 Å². The monoisotopic (exact) mass is 337 g/mol. The summed E-state index contributed by atoms with van der Waals surface area (Å²) in [6.45, 7) is 2.14. The average Bonchev–Trinajstić information content (AvgIpc) is 3.34. The number of carbonyl (C=O) groups excluding carboxylic acids is 1. The van der Waals surface area contributed by atoms with Crippen molar-refractivity contribution in [1.29, 1.82) is 0 Å². The molecule has 8 heteroatoms. The molecule has 0 saturated carbocycles. The van der Waals surface area contributed by atoms with Gasteiger partial charge in [-0.15, -0.1) is 0 Å². The first kappa shape index (κ1) is 15.5. The highest BCUT2D eigenvalue weighted by Crippen LogP contribution is 2.26. The van der Waals surface area contributed by atoms with Crippen molar-refractivity contribution >= 4 is 5.91 Å². The fourth-order valence-corrected chi connectivity index (χ4v) is 3.33. The fraction of sp³-hybridized carbons (Fsp3) is 0.353. The van der Waals surface area contributed by atoms with E-state index in [0.29, 0.717) is 12.4 Å². The van der Waals surface area contributed by atoms with Crippen LogP contribution in [0.15, 0.2) is 43.2 Å². The molecule has 1 atom stereocenters. The van der Waals surface area contributed by atoms with E-state index in [4.69, 9.17) is 0 Å². The van der Waals surface area contributed by atoms with E-state index in [1.54, 1.807) is 12.4 Å². The SMILES string of the molecule is O=C(c1ncn[nH]1)N1CCC[C@@H](c2nccn2Cc2ccncc2)C1. The lowest BCUT2D eigenvalue weighted by Crippen LogP contribution is -2.40. The minimum atomic E-state index is -0.102. The summed E-state index contributed by atoms with van der Waals surface area (Å²) in [5.41, 5.74) is 1.18. The molecule has 4 rings (SSSR count). The molecular formula is C17H19N7O. The number of pyridine rings is 1. The quantitative estimate of drug-likeness (QED) is 0.778. The maximum atomic E-state index is 12.5. The summed E-state index contributed by atoms with van der Waals surface area (Å²) in [7, 11) is 0. The van der Waals surface area contributed by atoms with Gasteiger partial charge in [0, 0.05) is 50.3 Å². The Kier molecular flexibility index (Phi) is 4.24. The largest absolute Gasteiger partial charge is 0.335 e. The molecule has 1 N–H and O–H groups in total. The van der Waals surface area contributed by atoms with Crippen molar-refractivity contribution in [2.45, 2.75) is 25.3 Å². The van der Waals surface area contributed by atoms with E-state index < -0.39 is 0 Å². The number of H-pyrrole nitrogens is 1. The van der Waals surface area contributed by atoms with Crippen molar-refractivity contribution in [3.63, 3.8) is 0 Å². The minimum Gasteiger partial charge on any atom is -0.335 e. The Labute approximate surface area is 144 Å². The third-order valence-corrected chi connectivity index (χ3v) is 4.54. The molecule has 4 heterocycles.